The normalized spacial score (nSPS) is 19.4. The van der Waals surface area contributed by atoms with Crippen LogP contribution in [0.3, 0.4) is 0 Å². The number of aromatic nitrogens is 2. The molecule has 3 heterocycles. The smallest absolute Gasteiger partial charge is 0.315 e. The average Bonchev–Trinajstić information content (AvgIpc) is 3.16. The summed E-state index contributed by atoms with van der Waals surface area (Å²) in [6.07, 6.45) is 5.40. The first-order valence-electron chi connectivity index (χ1n) is 9.17. The van der Waals surface area contributed by atoms with Crippen molar-refractivity contribution in [1.29, 1.82) is 0 Å². The zero-order valence-corrected chi connectivity index (χ0v) is 15.2. The highest BCUT2D eigenvalue weighted by Crippen LogP contribution is 2.34. The number of nitrogens with zero attached hydrogens (tertiary/aromatic N) is 3. The molecule has 4 rings (SSSR count). The number of benzene rings is 1. The van der Waals surface area contributed by atoms with E-state index in [1.165, 1.54) is 0 Å². The minimum absolute atomic E-state index is 0.0616. The van der Waals surface area contributed by atoms with Gasteiger partial charge in [-0.25, -0.2) is 14.8 Å². The summed E-state index contributed by atoms with van der Waals surface area (Å²) in [5.41, 5.74) is 0.970. The van der Waals surface area contributed by atoms with Crippen LogP contribution in [-0.4, -0.2) is 41.9 Å². The maximum absolute atomic E-state index is 12.4. The van der Waals surface area contributed by atoms with Crippen LogP contribution >= 0.6 is 0 Å². The number of piperidine rings is 1. The highest BCUT2D eigenvalue weighted by Gasteiger charge is 2.24. The van der Waals surface area contributed by atoms with E-state index >= 15 is 0 Å². The maximum atomic E-state index is 12.4. The van der Waals surface area contributed by atoms with Gasteiger partial charge in [-0.3, -0.25) is 0 Å². The summed E-state index contributed by atoms with van der Waals surface area (Å²) in [7, 11) is 0. The molecule has 2 aliphatic rings. The quantitative estimate of drug-likeness (QED) is 0.859. The Hall–Kier alpha value is -3.03. The van der Waals surface area contributed by atoms with Crippen molar-refractivity contribution in [3.63, 3.8) is 0 Å². The van der Waals surface area contributed by atoms with Crippen LogP contribution < -0.4 is 25.0 Å². The van der Waals surface area contributed by atoms with Crippen molar-refractivity contribution >= 4 is 12.0 Å². The molecule has 1 aromatic carbocycles. The topological polar surface area (TPSA) is 88.6 Å². The van der Waals surface area contributed by atoms with E-state index in [0.29, 0.717) is 18.2 Å². The molecular formula is C19H23N5O3. The fourth-order valence-corrected chi connectivity index (χ4v) is 3.42. The minimum Gasteiger partial charge on any atom is -0.454 e. The molecule has 1 saturated heterocycles. The Kier molecular flexibility index (Phi) is 4.95. The van der Waals surface area contributed by atoms with Crippen LogP contribution in [0.1, 0.15) is 31.4 Å². The van der Waals surface area contributed by atoms with Crippen LogP contribution in [0.4, 0.5) is 10.7 Å². The molecule has 1 aromatic heterocycles. The van der Waals surface area contributed by atoms with E-state index in [1.807, 2.05) is 25.1 Å². The van der Waals surface area contributed by atoms with Gasteiger partial charge in [0.2, 0.25) is 12.7 Å². The number of hydrogen-bond acceptors (Lipinski definition) is 6. The average molecular weight is 369 g/mol. The van der Waals surface area contributed by atoms with Crippen molar-refractivity contribution in [2.45, 2.75) is 31.8 Å². The molecule has 2 atom stereocenters. The number of urea groups is 1. The molecule has 2 N–H and O–H groups in total. The number of fused-ring (bicyclic) bond motifs is 1. The first-order valence-corrected chi connectivity index (χ1v) is 9.17. The largest absolute Gasteiger partial charge is 0.454 e. The number of ether oxygens (including phenoxy) is 2. The van der Waals surface area contributed by atoms with Crippen molar-refractivity contribution in [3.05, 3.63) is 42.2 Å². The molecule has 1 fully saturated rings. The van der Waals surface area contributed by atoms with Crippen LogP contribution in [0, 0.1) is 0 Å². The number of carbonyl (C=O) groups excluding carboxylic acids is 1. The lowest BCUT2D eigenvalue weighted by Gasteiger charge is -2.33. The third-order valence-corrected chi connectivity index (χ3v) is 4.84. The fraction of sp³-hybridized carbons (Fsp3) is 0.421. The molecule has 8 heteroatoms. The molecule has 27 heavy (non-hydrogen) atoms. The molecular weight excluding hydrogens is 346 g/mol. The van der Waals surface area contributed by atoms with E-state index in [2.05, 4.69) is 25.5 Å². The van der Waals surface area contributed by atoms with E-state index in [0.717, 1.165) is 30.7 Å². The maximum Gasteiger partial charge on any atom is 0.315 e. The minimum atomic E-state index is -0.180. The third-order valence-electron chi connectivity index (χ3n) is 4.84. The molecule has 0 saturated carbocycles. The van der Waals surface area contributed by atoms with Gasteiger partial charge in [0.25, 0.3) is 0 Å². The Bertz CT molecular complexity index is 801. The highest BCUT2D eigenvalue weighted by atomic mass is 16.7. The molecule has 8 nitrogen and oxygen atoms in total. The van der Waals surface area contributed by atoms with Crippen LogP contribution in [0.15, 0.2) is 36.7 Å². The van der Waals surface area contributed by atoms with E-state index in [9.17, 15) is 4.79 Å². The molecule has 0 unspecified atom stereocenters. The van der Waals surface area contributed by atoms with Crippen LogP contribution in [0.5, 0.6) is 11.5 Å². The van der Waals surface area contributed by atoms with Gasteiger partial charge in [-0.1, -0.05) is 6.07 Å². The predicted molar refractivity (Wildman–Crippen MR) is 99.9 cm³/mol. The second kappa shape index (κ2) is 7.69. The lowest BCUT2D eigenvalue weighted by Crippen LogP contribution is -2.51. The Morgan fingerprint density at radius 1 is 1.26 bits per heavy atom. The summed E-state index contributed by atoms with van der Waals surface area (Å²) in [6, 6.07) is 7.25. The predicted octanol–water partition coefficient (Wildman–Crippen LogP) is 2.23. The molecule has 0 spiro atoms. The second-order valence-corrected chi connectivity index (χ2v) is 6.79. The number of amides is 2. The van der Waals surface area contributed by atoms with Crippen LogP contribution in [-0.2, 0) is 0 Å². The Morgan fingerprint density at radius 3 is 2.93 bits per heavy atom. The second-order valence-electron chi connectivity index (χ2n) is 6.79. The van der Waals surface area contributed by atoms with Gasteiger partial charge in [-0.15, -0.1) is 0 Å². The molecule has 0 bridgehead atoms. The van der Waals surface area contributed by atoms with Gasteiger partial charge in [0.1, 0.15) is 0 Å². The number of anilines is 1. The fourth-order valence-electron chi connectivity index (χ4n) is 3.42. The summed E-state index contributed by atoms with van der Waals surface area (Å²) < 4.78 is 10.7. The summed E-state index contributed by atoms with van der Waals surface area (Å²) in [4.78, 5) is 23.1. The zero-order valence-electron chi connectivity index (χ0n) is 15.2. The molecule has 2 aliphatic heterocycles. The first-order chi connectivity index (χ1) is 13.2. The lowest BCUT2D eigenvalue weighted by molar-refractivity contribution is 0.174. The molecule has 0 aliphatic carbocycles. The molecule has 0 radical (unpaired) electrons. The molecule has 2 amide bonds. The lowest BCUT2D eigenvalue weighted by atomic mass is 10.1. The summed E-state index contributed by atoms with van der Waals surface area (Å²) >= 11 is 0. The van der Waals surface area contributed by atoms with Crippen molar-refractivity contribution < 1.29 is 14.3 Å². The Morgan fingerprint density at radius 2 is 2.07 bits per heavy atom. The van der Waals surface area contributed by atoms with Gasteiger partial charge < -0.3 is 25.0 Å². The summed E-state index contributed by atoms with van der Waals surface area (Å²) in [6.45, 7) is 3.79. The zero-order chi connectivity index (χ0) is 18.6. The molecule has 2 aromatic rings. The number of nitrogens with one attached hydrogen (secondary N) is 2. The van der Waals surface area contributed by atoms with Gasteiger partial charge in [0.05, 0.1) is 6.04 Å². The van der Waals surface area contributed by atoms with E-state index in [1.54, 1.807) is 18.5 Å². The Labute approximate surface area is 157 Å². The summed E-state index contributed by atoms with van der Waals surface area (Å²) in [5, 5.41) is 6.06. The van der Waals surface area contributed by atoms with Gasteiger partial charge in [0.15, 0.2) is 11.5 Å². The van der Waals surface area contributed by atoms with Crippen molar-refractivity contribution in [2.24, 2.45) is 0 Å². The van der Waals surface area contributed by atoms with Crippen molar-refractivity contribution in [2.75, 3.05) is 24.8 Å². The van der Waals surface area contributed by atoms with E-state index in [-0.39, 0.29) is 24.9 Å². The number of rotatable bonds is 4. The monoisotopic (exact) mass is 369 g/mol. The first kappa shape index (κ1) is 17.4. The van der Waals surface area contributed by atoms with Gasteiger partial charge in [-0.2, -0.15) is 0 Å². The van der Waals surface area contributed by atoms with Crippen molar-refractivity contribution in [3.8, 4) is 11.5 Å². The number of hydrogen-bond donors (Lipinski definition) is 2. The van der Waals surface area contributed by atoms with E-state index in [4.69, 9.17) is 9.47 Å². The molecule has 142 valence electrons. The van der Waals surface area contributed by atoms with Gasteiger partial charge in [-0.05, 0) is 43.5 Å². The van der Waals surface area contributed by atoms with Crippen LogP contribution in [0.2, 0.25) is 0 Å². The van der Waals surface area contributed by atoms with Crippen molar-refractivity contribution in [1.82, 2.24) is 20.6 Å². The Balaban J connectivity index is 1.32. The standard InChI is InChI=1S/C19H23N5O3/c1-13(14-5-6-16-17(10-14)27-12-26-16)22-19(25)23-15-4-2-9-24(11-15)18-20-7-3-8-21-18/h3,5-8,10,13,15H,2,4,9,11-12H2,1H3,(H2,22,23,25)/t13-,15-/m1/s1. The van der Waals surface area contributed by atoms with Gasteiger partial charge in [0, 0.05) is 31.5 Å². The summed E-state index contributed by atoms with van der Waals surface area (Å²) in [5.74, 6) is 2.16. The van der Waals surface area contributed by atoms with Gasteiger partial charge >= 0.3 is 6.03 Å². The van der Waals surface area contributed by atoms with Crippen LogP contribution in [0.25, 0.3) is 0 Å². The SMILES string of the molecule is C[C@@H](NC(=O)N[C@@H]1CCCN(c2ncccn2)C1)c1ccc2c(c1)OCO2. The highest BCUT2D eigenvalue weighted by molar-refractivity contribution is 5.75. The third kappa shape index (κ3) is 4.05. The van der Waals surface area contributed by atoms with E-state index < -0.39 is 0 Å². The number of carbonyl (C=O) groups is 1.